The van der Waals surface area contributed by atoms with Gasteiger partial charge < -0.3 is 15.7 Å². The number of carbonyl (C=O) groups excluding carboxylic acids is 2. The van der Waals surface area contributed by atoms with Crippen LogP contribution in [0.25, 0.3) is 0 Å². The minimum atomic E-state index is -0.898. The number of hydrogen-bond donors (Lipinski definition) is 3. The number of rotatable bonds is 7. The maximum atomic E-state index is 12.9. The number of fused-ring (bicyclic) bond motifs is 1. The Labute approximate surface area is 157 Å². The zero-order chi connectivity index (χ0) is 19.2. The number of carboxylic acids is 1. The molecule has 0 saturated heterocycles. The second-order valence-corrected chi connectivity index (χ2v) is 6.72. The van der Waals surface area contributed by atoms with E-state index >= 15 is 0 Å². The van der Waals surface area contributed by atoms with E-state index in [4.69, 9.17) is 5.11 Å². The third-order valence-corrected chi connectivity index (χ3v) is 4.69. The summed E-state index contributed by atoms with van der Waals surface area (Å²) in [5.74, 6) is -1.91. The van der Waals surface area contributed by atoms with Crippen LogP contribution in [0.5, 0.6) is 0 Å². The molecular weight excluding hydrogens is 344 g/mol. The summed E-state index contributed by atoms with van der Waals surface area (Å²) in [6.45, 7) is 0. The molecule has 0 radical (unpaired) electrons. The van der Waals surface area contributed by atoms with Crippen molar-refractivity contribution >= 4 is 23.5 Å². The van der Waals surface area contributed by atoms with Gasteiger partial charge in [0.25, 0.3) is 0 Å². The third kappa shape index (κ3) is 4.94. The Bertz CT molecular complexity index is 835. The summed E-state index contributed by atoms with van der Waals surface area (Å²) in [6.07, 6.45) is 0.927. The normalized spacial score (nSPS) is 16.7. The number of amides is 2. The number of hydrogen-bond acceptors (Lipinski definition) is 3. The molecule has 0 bridgehead atoms. The fraction of sp³-hybridized carbons (Fsp3) is 0.286. The lowest BCUT2D eigenvalue weighted by molar-refractivity contribution is -0.137. The van der Waals surface area contributed by atoms with Crippen LogP contribution in [0.15, 0.2) is 54.6 Å². The van der Waals surface area contributed by atoms with Crippen LogP contribution in [0, 0.1) is 0 Å². The number of carbonyl (C=O) groups is 3. The van der Waals surface area contributed by atoms with Gasteiger partial charge in [0, 0.05) is 24.6 Å². The van der Waals surface area contributed by atoms with Gasteiger partial charge in [-0.3, -0.25) is 14.4 Å². The quantitative estimate of drug-likeness (QED) is 0.702. The smallest absolute Gasteiger partial charge is 0.303 e. The van der Waals surface area contributed by atoms with Gasteiger partial charge >= 0.3 is 5.97 Å². The summed E-state index contributed by atoms with van der Waals surface area (Å²) in [4.78, 5) is 35.9. The molecule has 1 aliphatic heterocycles. The van der Waals surface area contributed by atoms with Gasteiger partial charge in [-0.05, 0) is 30.0 Å². The first-order chi connectivity index (χ1) is 13.0. The standard InChI is InChI=1S/C21H22N2O4/c24-19-13-17(16-8-4-5-9-18(16)23-19)21(27)22-15(10-11-20(25)26)12-14-6-2-1-3-7-14/h1-9,15,17H,10-13H2,(H,22,27)(H,23,24)(H,25,26). The third-order valence-electron chi connectivity index (χ3n) is 4.69. The first kappa shape index (κ1) is 18.6. The monoisotopic (exact) mass is 366 g/mol. The predicted octanol–water partition coefficient (Wildman–Crippen LogP) is 2.70. The van der Waals surface area contributed by atoms with Gasteiger partial charge in [0.15, 0.2) is 0 Å². The topological polar surface area (TPSA) is 95.5 Å². The first-order valence-electron chi connectivity index (χ1n) is 8.98. The molecule has 2 aromatic rings. The van der Waals surface area contributed by atoms with Crippen LogP contribution in [0.2, 0.25) is 0 Å². The fourth-order valence-electron chi connectivity index (χ4n) is 3.37. The molecule has 6 nitrogen and oxygen atoms in total. The predicted molar refractivity (Wildman–Crippen MR) is 101 cm³/mol. The molecule has 0 aliphatic carbocycles. The Morgan fingerprint density at radius 2 is 1.81 bits per heavy atom. The van der Waals surface area contributed by atoms with Crippen molar-refractivity contribution in [1.29, 1.82) is 0 Å². The van der Waals surface area contributed by atoms with Crippen molar-refractivity contribution < 1.29 is 19.5 Å². The Morgan fingerprint density at radius 1 is 1.11 bits per heavy atom. The van der Waals surface area contributed by atoms with Crippen LogP contribution in [-0.2, 0) is 20.8 Å². The van der Waals surface area contributed by atoms with Crippen LogP contribution >= 0.6 is 0 Å². The molecule has 0 saturated carbocycles. The van der Waals surface area contributed by atoms with Crippen molar-refractivity contribution in [3.63, 3.8) is 0 Å². The lowest BCUT2D eigenvalue weighted by Crippen LogP contribution is -2.42. The van der Waals surface area contributed by atoms with Crippen LogP contribution < -0.4 is 10.6 Å². The summed E-state index contributed by atoms with van der Waals surface area (Å²) in [6, 6.07) is 16.6. The number of benzene rings is 2. The number of carboxylic acid groups (broad SMARTS) is 1. The van der Waals surface area contributed by atoms with E-state index in [1.165, 1.54) is 0 Å². The molecule has 2 amide bonds. The summed E-state index contributed by atoms with van der Waals surface area (Å²) < 4.78 is 0. The molecule has 27 heavy (non-hydrogen) atoms. The molecule has 2 unspecified atom stereocenters. The van der Waals surface area contributed by atoms with Gasteiger partial charge in [0.1, 0.15) is 0 Å². The molecule has 1 heterocycles. The summed E-state index contributed by atoms with van der Waals surface area (Å²) in [7, 11) is 0. The SMILES string of the molecule is O=C(O)CCC(Cc1ccccc1)NC(=O)C1CC(=O)Nc2ccccc21. The molecule has 2 atom stereocenters. The number of anilines is 1. The summed E-state index contributed by atoms with van der Waals surface area (Å²) in [5, 5.41) is 14.8. The first-order valence-corrected chi connectivity index (χ1v) is 8.98. The van der Waals surface area contributed by atoms with Crippen molar-refractivity contribution in [2.24, 2.45) is 0 Å². The maximum Gasteiger partial charge on any atom is 0.303 e. The van der Waals surface area contributed by atoms with Crippen molar-refractivity contribution in [2.75, 3.05) is 5.32 Å². The molecule has 3 N–H and O–H groups in total. The Morgan fingerprint density at radius 3 is 2.56 bits per heavy atom. The van der Waals surface area contributed by atoms with Gasteiger partial charge in [-0.25, -0.2) is 0 Å². The maximum absolute atomic E-state index is 12.9. The highest BCUT2D eigenvalue weighted by Crippen LogP contribution is 2.32. The van der Waals surface area contributed by atoms with Crippen LogP contribution in [0.3, 0.4) is 0 Å². The zero-order valence-electron chi connectivity index (χ0n) is 14.9. The van der Waals surface area contributed by atoms with Crippen molar-refractivity contribution in [3.05, 3.63) is 65.7 Å². The van der Waals surface area contributed by atoms with E-state index in [1.807, 2.05) is 48.5 Å². The number of nitrogens with one attached hydrogen (secondary N) is 2. The Kier molecular flexibility index (Phi) is 5.86. The highest BCUT2D eigenvalue weighted by molar-refractivity contribution is 6.01. The van der Waals surface area contributed by atoms with E-state index in [-0.39, 0.29) is 30.7 Å². The van der Waals surface area contributed by atoms with E-state index in [0.29, 0.717) is 18.5 Å². The second-order valence-electron chi connectivity index (χ2n) is 6.72. The molecule has 3 rings (SSSR count). The van der Waals surface area contributed by atoms with Crippen molar-refractivity contribution in [3.8, 4) is 0 Å². The van der Waals surface area contributed by atoms with Gasteiger partial charge in [0.2, 0.25) is 11.8 Å². The highest BCUT2D eigenvalue weighted by Gasteiger charge is 2.31. The minimum Gasteiger partial charge on any atom is -0.481 e. The van der Waals surface area contributed by atoms with Crippen molar-refractivity contribution in [1.82, 2.24) is 5.32 Å². The van der Waals surface area contributed by atoms with Crippen LogP contribution in [0.4, 0.5) is 5.69 Å². The molecule has 0 aromatic heterocycles. The van der Waals surface area contributed by atoms with E-state index in [9.17, 15) is 14.4 Å². The molecule has 140 valence electrons. The van der Waals surface area contributed by atoms with E-state index in [2.05, 4.69) is 10.6 Å². The Hall–Kier alpha value is -3.15. The summed E-state index contributed by atoms with van der Waals surface area (Å²) >= 11 is 0. The summed E-state index contributed by atoms with van der Waals surface area (Å²) in [5.41, 5.74) is 2.46. The lowest BCUT2D eigenvalue weighted by Gasteiger charge is -2.27. The van der Waals surface area contributed by atoms with Gasteiger partial charge in [-0.15, -0.1) is 0 Å². The molecule has 0 fully saturated rings. The molecule has 6 heteroatoms. The number of aliphatic carboxylic acids is 1. The van der Waals surface area contributed by atoms with E-state index in [1.54, 1.807) is 6.07 Å². The van der Waals surface area contributed by atoms with Gasteiger partial charge in [-0.1, -0.05) is 48.5 Å². The van der Waals surface area contributed by atoms with E-state index < -0.39 is 11.9 Å². The fourth-order valence-corrected chi connectivity index (χ4v) is 3.37. The Balaban J connectivity index is 1.75. The van der Waals surface area contributed by atoms with E-state index in [0.717, 1.165) is 11.1 Å². The largest absolute Gasteiger partial charge is 0.481 e. The zero-order valence-corrected chi connectivity index (χ0v) is 14.9. The second kappa shape index (κ2) is 8.49. The average Bonchev–Trinajstić information content (AvgIpc) is 2.66. The molecule has 0 spiro atoms. The van der Waals surface area contributed by atoms with Crippen LogP contribution in [-0.4, -0.2) is 28.9 Å². The highest BCUT2D eigenvalue weighted by atomic mass is 16.4. The minimum absolute atomic E-state index is 0.0283. The number of para-hydroxylation sites is 1. The lowest BCUT2D eigenvalue weighted by atomic mass is 9.89. The van der Waals surface area contributed by atoms with Crippen LogP contribution in [0.1, 0.15) is 36.3 Å². The van der Waals surface area contributed by atoms with Crippen molar-refractivity contribution in [2.45, 2.75) is 37.6 Å². The van der Waals surface area contributed by atoms with Gasteiger partial charge in [0.05, 0.1) is 5.92 Å². The molecule has 2 aromatic carbocycles. The molecular formula is C21H22N2O4. The van der Waals surface area contributed by atoms with Gasteiger partial charge in [-0.2, -0.15) is 0 Å². The average molecular weight is 366 g/mol. The molecule has 1 aliphatic rings.